The molecule has 2 aromatic rings. The molecule has 1 heterocycles. The molecule has 5 nitrogen and oxygen atoms in total. The van der Waals surface area contributed by atoms with Gasteiger partial charge >= 0.3 is 0 Å². The molecule has 1 fully saturated rings. The first kappa shape index (κ1) is 17.3. The number of piperazine rings is 1. The Labute approximate surface area is 148 Å². The van der Waals surface area contributed by atoms with Crippen LogP contribution in [0.3, 0.4) is 0 Å². The van der Waals surface area contributed by atoms with E-state index in [1.165, 1.54) is 10.5 Å². The Morgan fingerprint density at radius 3 is 2.32 bits per heavy atom. The highest BCUT2D eigenvalue weighted by Crippen LogP contribution is 2.15. The van der Waals surface area contributed by atoms with Gasteiger partial charge in [-0.2, -0.15) is 0 Å². The van der Waals surface area contributed by atoms with E-state index in [1.807, 2.05) is 35.2 Å². The van der Waals surface area contributed by atoms with Crippen LogP contribution in [0.5, 0.6) is 11.5 Å². The zero-order valence-corrected chi connectivity index (χ0v) is 14.8. The number of rotatable bonds is 5. The number of nitrogens with zero attached hydrogens (tertiary/aromatic N) is 1. The summed E-state index contributed by atoms with van der Waals surface area (Å²) in [5, 5.41) is 0. The lowest BCUT2D eigenvalue weighted by Crippen LogP contribution is -3.13. The maximum atomic E-state index is 12.7. The van der Waals surface area contributed by atoms with E-state index >= 15 is 0 Å². The largest absolute Gasteiger partial charge is 0.497 e. The van der Waals surface area contributed by atoms with Gasteiger partial charge in [-0.15, -0.1) is 0 Å². The van der Waals surface area contributed by atoms with Crippen molar-refractivity contribution in [3.8, 4) is 11.5 Å². The van der Waals surface area contributed by atoms with Gasteiger partial charge in [0.1, 0.15) is 18.0 Å². The van der Waals surface area contributed by atoms with Gasteiger partial charge in [0, 0.05) is 11.1 Å². The van der Waals surface area contributed by atoms with E-state index in [4.69, 9.17) is 9.47 Å². The summed E-state index contributed by atoms with van der Waals surface area (Å²) in [4.78, 5) is 16.1. The Morgan fingerprint density at radius 2 is 1.64 bits per heavy atom. The number of methoxy groups -OCH3 is 2. The zero-order chi connectivity index (χ0) is 17.6. The molecule has 1 aliphatic heterocycles. The van der Waals surface area contributed by atoms with Crippen LogP contribution in [-0.2, 0) is 6.54 Å². The molecule has 1 aliphatic rings. The van der Waals surface area contributed by atoms with Crippen LogP contribution in [0.25, 0.3) is 0 Å². The van der Waals surface area contributed by atoms with Crippen molar-refractivity contribution in [1.82, 2.24) is 4.90 Å². The molecule has 5 heteroatoms. The third kappa shape index (κ3) is 4.31. The fourth-order valence-electron chi connectivity index (χ4n) is 3.21. The highest BCUT2D eigenvalue weighted by atomic mass is 16.5. The lowest BCUT2D eigenvalue weighted by molar-refractivity contribution is -0.917. The van der Waals surface area contributed by atoms with Crippen molar-refractivity contribution in [2.75, 3.05) is 40.4 Å². The highest BCUT2D eigenvalue weighted by molar-refractivity contribution is 5.94. The molecule has 0 aromatic heterocycles. The molecule has 1 amide bonds. The Kier molecular flexibility index (Phi) is 5.56. The minimum Gasteiger partial charge on any atom is -0.497 e. The predicted molar refractivity (Wildman–Crippen MR) is 96.3 cm³/mol. The molecule has 0 radical (unpaired) electrons. The summed E-state index contributed by atoms with van der Waals surface area (Å²) in [6.45, 7) is 4.41. The summed E-state index contributed by atoms with van der Waals surface area (Å²) < 4.78 is 10.5. The third-order valence-electron chi connectivity index (χ3n) is 4.66. The van der Waals surface area contributed by atoms with Crippen molar-refractivity contribution in [3.63, 3.8) is 0 Å². The number of amides is 1. The Hall–Kier alpha value is -2.53. The minimum atomic E-state index is 0.0827. The van der Waals surface area contributed by atoms with Crippen LogP contribution in [0.15, 0.2) is 48.5 Å². The van der Waals surface area contributed by atoms with E-state index in [-0.39, 0.29) is 5.91 Å². The molecule has 0 saturated carbocycles. The second kappa shape index (κ2) is 8.03. The number of nitrogens with one attached hydrogen (secondary N) is 1. The molecular formula is C20H25N2O3+. The standard InChI is InChI=1S/C20H24N2O3/c1-24-18-7-3-5-16(13-18)15-21-9-11-22(12-10-21)20(23)17-6-4-8-19(14-17)25-2/h3-8,13-14H,9-12,15H2,1-2H3/p+1. The molecule has 25 heavy (non-hydrogen) atoms. The Bertz CT molecular complexity index is 724. The van der Waals surface area contributed by atoms with Gasteiger partial charge in [-0.25, -0.2) is 0 Å². The molecule has 2 aromatic carbocycles. The van der Waals surface area contributed by atoms with Crippen LogP contribution in [0.4, 0.5) is 0 Å². The lowest BCUT2D eigenvalue weighted by atomic mass is 10.1. The molecule has 0 unspecified atom stereocenters. The maximum Gasteiger partial charge on any atom is 0.254 e. The molecule has 0 bridgehead atoms. The first-order valence-electron chi connectivity index (χ1n) is 8.59. The van der Waals surface area contributed by atoms with Crippen molar-refractivity contribution in [2.24, 2.45) is 0 Å². The van der Waals surface area contributed by atoms with Gasteiger partial charge in [0.2, 0.25) is 0 Å². The Morgan fingerprint density at radius 1 is 1.00 bits per heavy atom. The average Bonchev–Trinajstić information content (AvgIpc) is 2.68. The van der Waals surface area contributed by atoms with Crippen molar-refractivity contribution in [3.05, 3.63) is 59.7 Å². The predicted octanol–water partition coefficient (Wildman–Crippen LogP) is 1.24. The van der Waals surface area contributed by atoms with Crippen molar-refractivity contribution in [1.29, 1.82) is 0 Å². The normalized spacial score (nSPS) is 15.0. The number of carbonyl (C=O) groups excluding carboxylic acids is 1. The maximum absolute atomic E-state index is 12.7. The molecule has 0 spiro atoms. The smallest absolute Gasteiger partial charge is 0.254 e. The van der Waals surface area contributed by atoms with E-state index in [9.17, 15) is 4.79 Å². The fourth-order valence-corrected chi connectivity index (χ4v) is 3.21. The van der Waals surface area contributed by atoms with Crippen molar-refractivity contribution < 1.29 is 19.2 Å². The summed E-state index contributed by atoms with van der Waals surface area (Å²) in [6, 6.07) is 15.6. The van der Waals surface area contributed by atoms with Gasteiger partial charge in [-0.3, -0.25) is 4.79 Å². The van der Waals surface area contributed by atoms with E-state index in [0.29, 0.717) is 11.3 Å². The number of hydrogen-bond acceptors (Lipinski definition) is 3. The topological polar surface area (TPSA) is 43.2 Å². The zero-order valence-electron chi connectivity index (χ0n) is 14.8. The van der Waals surface area contributed by atoms with E-state index in [1.54, 1.807) is 20.3 Å². The summed E-state index contributed by atoms with van der Waals surface area (Å²) in [6.07, 6.45) is 0. The van der Waals surface area contributed by atoms with Crippen LogP contribution in [-0.4, -0.2) is 51.2 Å². The second-order valence-corrected chi connectivity index (χ2v) is 6.30. The lowest BCUT2D eigenvalue weighted by Gasteiger charge is -2.32. The molecule has 1 saturated heterocycles. The van der Waals surface area contributed by atoms with Crippen LogP contribution >= 0.6 is 0 Å². The van der Waals surface area contributed by atoms with Crippen LogP contribution in [0.1, 0.15) is 15.9 Å². The molecular weight excluding hydrogens is 316 g/mol. The highest BCUT2D eigenvalue weighted by Gasteiger charge is 2.24. The Balaban J connectivity index is 1.56. The van der Waals surface area contributed by atoms with Gasteiger partial charge in [0.15, 0.2) is 0 Å². The SMILES string of the molecule is COc1cccc(C[NH+]2CCN(C(=O)c3cccc(OC)c3)CC2)c1. The van der Waals surface area contributed by atoms with Crippen LogP contribution in [0, 0.1) is 0 Å². The first-order chi connectivity index (χ1) is 12.2. The van der Waals surface area contributed by atoms with Gasteiger partial charge in [-0.05, 0) is 30.3 Å². The number of benzene rings is 2. The van der Waals surface area contributed by atoms with Gasteiger partial charge in [0.25, 0.3) is 5.91 Å². The summed E-state index contributed by atoms with van der Waals surface area (Å²) in [7, 11) is 3.30. The average molecular weight is 341 g/mol. The number of carbonyl (C=O) groups is 1. The van der Waals surface area contributed by atoms with Crippen LogP contribution in [0.2, 0.25) is 0 Å². The first-order valence-corrected chi connectivity index (χ1v) is 8.59. The number of quaternary nitrogens is 1. The van der Waals surface area contributed by atoms with Gasteiger partial charge in [-0.1, -0.05) is 18.2 Å². The fraction of sp³-hybridized carbons (Fsp3) is 0.350. The quantitative estimate of drug-likeness (QED) is 0.890. The van der Waals surface area contributed by atoms with E-state index in [0.717, 1.165) is 38.5 Å². The number of ether oxygens (including phenoxy) is 2. The summed E-state index contributed by atoms with van der Waals surface area (Å²) >= 11 is 0. The van der Waals surface area contributed by atoms with Crippen molar-refractivity contribution in [2.45, 2.75) is 6.54 Å². The molecule has 3 rings (SSSR count). The summed E-state index contributed by atoms with van der Waals surface area (Å²) in [5.74, 6) is 1.69. The second-order valence-electron chi connectivity index (χ2n) is 6.30. The molecule has 0 aliphatic carbocycles. The van der Waals surface area contributed by atoms with Crippen LogP contribution < -0.4 is 14.4 Å². The minimum absolute atomic E-state index is 0.0827. The summed E-state index contributed by atoms with van der Waals surface area (Å²) in [5.41, 5.74) is 1.96. The van der Waals surface area contributed by atoms with Gasteiger partial charge < -0.3 is 19.3 Å². The number of hydrogen-bond donors (Lipinski definition) is 1. The monoisotopic (exact) mass is 341 g/mol. The third-order valence-corrected chi connectivity index (χ3v) is 4.66. The van der Waals surface area contributed by atoms with E-state index < -0.39 is 0 Å². The molecule has 0 atom stereocenters. The van der Waals surface area contributed by atoms with E-state index in [2.05, 4.69) is 12.1 Å². The van der Waals surface area contributed by atoms with Crippen molar-refractivity contribution >= 4 is 5.91 Å². The van der Waals surface area contributed by atoms with Gasteiger partial charge in [0.05, 0.1) is 40.4 Å². The molecule has 1 N–H and O–H groups in total. The molecule has 132 valence electrons.